The van der Waals surface area contributed by atoms with Crippen LogP contribution in [0.15, 0.2) is 51.7 Å². The first-order valence-electron chi connectivity index (χ1n) is 12.4. The summed E-state index contributed by atoms with van der Waals surface area (Å²) in [5, 5.41) is 11.0. The third-order valence-corrected chi connectivity index (χ3v) is 6.92. The van der Waals surface area contributed by atoms with E-state index in [0.29, 0.717) is 41.5 Å². The van der Waals surface area contributed by atoms with Crippen LogP contribution in [0.5, 0.6) is 0 Å². The SMILES string of the molecule is CC(C)=CCn1c(N2CCCC(N)C2)nc2c1c(=O)n(Cc1nccc3ccc(C#N)cc13)c(=O)n2C. The summed E-state index contributed by atoms with van der Waals surface area (Å²) in [6.07, 6.45) is 5.57. The van der Waals surface area contributed by atoms with Crippen molar-refractivity contribution in [1.29, 1.82) is 5.26 Å². The number of fused-ring (bicyclic) bond motifs is 2. The fourth-order valence-electron chi connectivity index (χ4n) is 4.95. The molecule has 2 N–H and O–H groups in total. The summed E-state index contributed by atoms with van der Waals surface area (Å²) in [5.74, 6) is 0.648. The largest absolute Gasteiger partial charge is 0.341 e. The first-order valence-corrected chi connectivity index (χ1v) is 12.4. The normalized spacial score (nSPS) is 15.8. The molecule has 10 heteroatoms. The van der Waals surface area contributed by atoms with E-state index in [1.807, 2.05) is 36.6 Å². The van der Waals surface area contributed by atoms with Gasteiger partial charge in [-0.2, -0.15) is 10.2 Å². The van der Waals surface area contributed by atoms with Crippen LogP contribution >= 0.6 is 0 Å². The number of pyridine rings is 1. The van der Waals surface area contributed by atoms with Gasteiger partial charge < -0.3 is 15.2 Å². The van der Waals surface area contributed by atoms with Crippen LogP contribution in [0, 0.1) is 11.3 Å². The van der Waals surface area contributed by atoms with Crippen molar-refractivity contribution in [3.8, 4) is 6.07 Å². The Balaban J connectivity index is 1.72. The zero-order valence-electron chi connectivity index (χ0n) is 21.3. The van der Waals surface area contributed by atoms with Crippen molar-refractivity contribution < 1.29 is 0 Å². The van der Waals surface area contributed by atoms with Gasteiger partial charge in [0.25, 0.3) is 5.56 Å². The van der Waals surface area contributed by atoms with Gasteiger partial charge in [-0.15, -0.1) is 0 Å². The van der Waals surface area contributed by atoms with Gasteiger partial charge in [-0.05, 0) is 50.3 Å². The van der Waals surface area contributed by atoms with E-state index in [1.165, 1.54) is 9.13 Å². The van der Waals surface area contributed by atoms with Gasteiger partial charge >= 0.3 is 5.69 Å². The molecule has 0 radical (unpaired) electrons. The standard InChI is InChI=1S/C27H30N8O2/c1-17(2)9-12-34-23-24(31-26(34)33-11-4-5-20(29)15-33)32(3)27(37)35(25(23)36)16-22-21-13-18(14-28)6-7-19(21)8-10-30-22/h6-10,13,20H,4-5,11-12,15-16,29H2,1-3H3. The number of benzene rings is 1. The highest BCUT2D eigenvalue weighted by molar-refractivity contribution is 5.85. The highest BCUT2D eigenvalue weighted by Gasteiger charge is 2.26. The van der Waals surface area contributed by atoms with Crippen molar-refractivity contribution in [2.45, 2.75) is 45.8 Å². The van der Waals surface area contributed by atoms with Crippen molar-refractivity contribution in [2.24, 2.45) is 12.8 Å². The van der Waals surface area contributed by atoms with Crippen LogP contribution in [-0.2, 0) is 20.1 Å². The van der Waals surface area contributed by atoms with Crippen molar-refractivity contribution in [3.63, 3.8) is 0 Å². The zero-order chi connectivity index (χ0) is 26.3. The van der Waals surface area contributed by atoms with Gasteiger partial charge in [-0.3, -0.25) is 18.9 Å². The fourth-order valence-corrected chi connectivity index (χ4v) is 4.95. The predicted molar refractivity (Wildman–Crippen MR) is 144 cm³/mol. The molecule has 1 unspecified atom stereocenters. The number of nitrogens with two attached hydrogens (primary N) is 1. The smallest absolute Gasteiger partial charge is 0.332 e. The summed E-state index contributed by atoms with van der Waals surface area (Å²) in [7, 11) is 1.63. The molecule has 1 saturated heterocycles. The number of piperidine rings is 1. The molecule has 4 heterocycles. The summed E-state index contributed by atoms with van der Waals surface area (Å²) >= 11 is 0. The molecule has 5 rings (SSSR count). The first-order chi connectivity index (χ1) is 17.8. The minimum absolute atomic E-state index is 0.0224. The lowest BCUT2D eigenvalue weighted by molar-refractivity contribution is 0.495. The Morgan fingerprint density at radius 3 is 2.78 bits per heavy atom. The second-order valence-corrected chi connectivity index (χ2v) is 9.86. The predicted octanol–water partition coefficient (Wildman–Crippen LogP) is 2.26. The Bertz CT molecular complexity index is 1700. The molecule has 0 spiro atoms. The molecule has 1 aliphatic heterocycles. The molecular formula is C27H30N8O2. The van der Waals surface area contributed by atoms with Crippen LogP contribution in [0.3, 0.4) is 0 Å². The van der Waals surface area contributed by atoms with Crippen molar-refractivity contribution in [2.75, 3.05) is 18.0 Å². The Kier molecular flexibility index (Phi) is 6.39. The van der Waals surface area contributed by atoms with Gasteiger partial charge in [0.2, 0.25) is 5.95 Å². The van der Waals surface area contributed by atoms with Gasteiger partial charge in [0.05, 0.1) is 23.9 Å². The van der Waals surface area contributed by atoms with Crippen LogP contribution in [0.4, 0.5) is 5.95 Å². The molecular weight excluding hydrogens is 468 g/mol. The first kappa shape index (κ1) is 24.5. The lowest BCUT2D eigenvalue weighted by atomic mass is 10.1. The zero-order valence-corrected chi connectivity index (χ0v) is 21.3. The Labute approximate surface area is 213 Å². The minimum atomic E-state index is -0.471. The average molecular weight is 499 g/mol. The van der Waals surface area contributed by atoms with Crippen LogP contribution in [0.25, 0.3) is 21.9 Å². The van der Waals surface area contributed by atoms with E-state index in [1.54, 1.807) is 25.4 Å². The number of hydrogen-bond acceptors (Lipinski definition) is 7. The van der Waals surface area contributed by atoms with Gasteiger partial charge in [0, 0.05) is 44.3 Å². The van der Waals surface area contributed by atoms with E-state index < -0.39 is 11.2 Å². The maximum absolute atomic E-state index is 13.9. The molecule has 1 atom stereocenters. The Morgan fingerprint density at radius 2 is 2.05 bits per heavy atom. The number of rotatable bonds is 5. The van der Waals surface area contributed by atoms with Crippen molar-refractivity contribution in [1.82, 2.24) is 23.7 Å². The highest BCUT2D eigenvalue weighted by atomic mass is 16.2. The molecule has 0 amide bonds. The van der Waals surface area contributed by atoms with E-state index in [2.05, 4.69) is 16.0 Å². The third-order valence-electron chi connectivity index (χ3n) is 6.92. The van der Waals surface area contributed by atoms with E-state index in [4.69, 9.17) is 10.7 Å². The Morgan fingerprint density at radius 1 is 1.24 bits per heavy atom. The Hall–Kier alpha value is -4.23. The number of aromatic nitrogens is 5. The second-order valence-electron chi connectivity index (χ2n) is 9.86. The molecule has 4 aromatic rings. The molecule has 3 aromatic heterocycles. The molecule has 190 valence electrons. The van der Waals surface area contributed by atoms with E-state index in [0.717, 1.165) is 35.7 Å². The quantitative estimate of drug-likeness (QED) is 0.418. The van der Waals surface area contributed by atoms with Gasteiger partial charge in [0.15, 0.2) is 11.2 Å². The maximum Gasteiger partial charge on any atom is 0.332 e. The topological polar surface area (TPSA) is 128 Å². The third kappa shape index (κ3) is 4.42. The summed E-state index contributed by atoms with van der Waals surface area (Å²) in [6, 6.07) is 9.33. The number of nitriles is 1. The van der Waals surface area contributed by atoms with Crippen LogP contribution in [-0.4, -0.2) is 42.8 Å². The molecule has 1 fully saturated rings. The number of imidazole rings is 1. The molecule has 37 heavy (non-hydrogen) atoms. The fraction of sp³-hybridized carbons (Fsp3) is 0.370. The van der Waals surface area contributed by atoms with Gasteiger partial charge in [-0.25, -0.2) is 4.79 Å². The van der Waals surface area contributed by atoms with Gasteiger partial charge in [-0.1, -0.05) is 17.7 Å². The lowest BCUT2D eigenvalue weighted by Gasteiger charge is -2.31. The number of nitrogens with zero attached hydrogens (tertiary/aromatic N) is 7. The molecule has 0 saturated carbocycles. The summed E-state index contributed by atoms with van der Waals surface area (Å²) in [4.78, 5) is 38.7. The molecule has 1 aliphatic rings. The van der Waals surface area contributed by atoms with E-state index in [9.17, 15) is 14.9 Å². The van der Waals surface area contributed by atoms with Crippen molar-refractivity contribution in [3.05, 3.63) is 74.2 Å². The monoisotopic (exact) mass is 498 g/mol. The van der Waals surface area contributed by atoms with Crippen molar-refractivity contribution >= 4 is 27.9 Å². The van der Waals surface area contributed by atoms with Crippen LogP contribution < -0.4 is 21.9 Å². The number of anilines is 1. The van der Waals surface area contributed by atoms with Crippen LogP contribution in [0.1, 0.15) is 37.9 Å². The molecule has 0 aliphatic carbocycles. The minimum Gasteiger partial charge on any atom is -0.341 e. The van der Waals surface area contributed by atoms with E-state index in [-0.39, 0.29) is 12.6 Å². The summed E-state index contributed by atoms with van der Waals surface area (Å²) < 4.78 is 4.52. The van der Waals surface area contributed by atoms with Gasteiger partial charge in [0.1, 0.15) is 0 Å². The lowest BCUT2D eigenvalue weighted by Crippen LogP contribution is -2.44. The molecule has 0 bridgehead atoms. The van der Waals surface area contributed by atoms with E-state index >= 15 is 0 Å². The second kappa shape index (κ2) is 9.67. The highest BCUT2D eigenvalue weighted by Crippen LogP contribution is 2.24. The number of allylic oxidation sites excluding steroid dienone is 2. The average Bonchev–Trinajstić information content (AvgIpc) is 3.28. The van der Waals surface area contributed by atoms with Crippen LogP contribution in [0.2, 0.25) is 0 Å². The number of hydrogen-bond donors (Lipinski definition) is 1. The number of aryl methyl sites for hydroxylation is 1. The summed E-state index contributed by atoms with van der Waals surface area (Å²) in [5.41, 5.74) is 8.22. The maximum atomic E-state index is 13.9. The molecule has 1 aromatic carbocycles. The summed E-state index contributed by atoms with van der Waals surface area (Å²) in [6.45, 7) is 5.87. The molecule has 10 nitrogen and oxygen atoms in total.